The first-order valence-corrected chi connectivity index (χ1v) is 14.4. The highest BCUT2D eigenvalue weighted by atomic mass is 16.4. The molecule has 0 aliphatic heterocycles. The second-order valence-corrected chi connectivity index (χ2v) is 10.6. The first-order chi connectivity index (χ1) is 22.6. The van der Waals surface area contributed by atoms with Crippen molar-refractivity contribution >= 4 is 41.5 Å². The third-order valence-electron chi connectivity index (χ3n) is 6.71. The number of carboxylic acid groups (broad SMARTS) is 2. The Morgan fingerprint density at radius 3 is 1.54 bits per heavy atom. The van der Waals surface area contributed by atoms with Gasteiger partial charge in [0.15, 0.2) is 0 Å². The minimum Gasteiger partial charge on any atom is -0.508 e. The van der Waals surface area contributed by atoms with Crippen molar-refractivity contribution in [2.75, 3.05) is 13.1 Å². The van der Waals surface area contributed by atoms with Crippen LogP contribution in [0.25, 0.3) is 0 Å². The van der Waals surface area contributed by atoms with Crippen molar-refractivity contribution in [3.63, 3.8) is 0 Å². The molecule has 5 atom stereocenters. The average molecular weight is 675 g/mol. The summed E-state index contributed by atoms with van der Waals surface area (Å²) in [6, 6.07) is 4.81. The lowest BCUT2D eigenvalue weighted by Crippen LogP contribution is -2.61. The molecule has 5 amide bonds. The van der Waals surface area contributed by atoms with Gasteiger partial charge in [0.05, 0.1) is 19.1 Å². The number of hydrogen-bond acceptors (Lipinski definition) is 11. The number of phenols is 2. The highest BCUT2D eigenvalue weighted by Crippen LogP contribution is 2.14. The van der Waals surface area contributed by atoms with E-state index < -0.39 is 91.3 Å². The van der Waals surface area contributed by atoms with Gasteiger partial charge >= 0.3 is 11.9 Å². The van der Waals surface area contributed by atoms with Crippen molar-refractivity contribution in [3.8, 4) is 11.5 Å². The Bertz CT molecular complexity index is 1470. The van der Waals surface area contributed by atoms with Crippen LogP contribution in [0.5, 0.6) is 11.5 Å². The number of carbonyl (C=O) groups excluding carboxylic acids is 5. The predicted octanol–water partition coefficient (Wildman–Crippen LogP) is -3.16. The maximum atomic E-state index is 13.7. The number of benzene rings is 2. The summed E-state index contributed by atoms with van der Waals surface area (Å²) in [6.45, 7) is -0.205. The van der Waals surface area contributed by atoms with E-state index in [-0.39, 0.29) is 24.3 Å². The third kappa shape index (κ3) is 12.9. The number of hydrogen-bond donors (Lipinski definition) is 11. The fraction of sp³-hybridized carbons (Fsp3) is 0.367. The molecule has 0 fully saturated rings. The number of amides is 5. The van der Waals surface area contributed by atoms with Crippen molar-refractivity contribution in [3.05, 3.63) is 59.7 Å². The molecule has 0 spiro atoms. The van der Waals surface area contributed by atoms with E-state index in [0.717, 1.165) is 6.92 Å². The Hall–Kier alpha value is -5.75. The Labute approximate surface area is 273 Å². The van der Waals surface area contributed by atoms with E-state index >= 15 is 0 Å². The number of rotatable bonds is 18. The van der Waals surface area contributed by atoms with E-state index in [4.69, 9.17) is 15.9 Å². The van der Waals surface area contributed by atoms with E-state index in [2.05, 4.69) is 26.6 Å². The smallest absolute Gasteiger partial charge is 0.322 e. The van der Waals surface area contributed by atoms with Gasteiger partial charge in [-0.05, 0) is 42.3 Å². The van der Waals surface area contributed by atoms with Gasteiger partial charge in [0.25, 0.3) is 0 Å². The number of nitrogens with two attached hydrogens (primary N) is 1. The zero-order chi connectivity index (χ0) is 36.0. The van der Waals surface area contributed by atoms with Gasteiger partial charge in [0.1, 0.15) is 42.2 Å². The number of aromatic hydroxyl groups is 2. The minimum atomic E-state index is -1.77. The lowest BCUT2D eigenvalue weighted by atomic mass is 10.0. The van der Waals surface area contributed by atoms with E-state index in [1.165, 1.54) is 48.5 Å². The van der Waals surface area contributed by atoms with E-state index in [0.29, 0.717) is 11.1 Å². The third-order valence-corrected chi connectivity index (χ3v) is 6.71. The monoisotopic (exact) mass is 674 g/mol. The molecule has 12 N–H and O–H groups in total. The highest BCUT2D eigenvalue weighted by Gasteiger charge is 2.34. The maximum Gasteiger partial charge on any atom is 0.322 e. The van der Waals surface area contributed by atoms with Crippen molar-refractivity contribution in [2.45, 2.75) is 56.5 Å². The molecular formula is C30H38N6O12. The van der Waals surface area contributed by atoms with E-state index in [1.807, 2.05) is 0 Å². The fourth-order valence-electron chi connectivity index (χ4n) is 4.27. The Balaban J connectivity index is 2.38. The van der Waals surface area contributed by atoms with Crippen LogP contribution in [0, 0.1) is 0 Å². The summed E-state index contributed by atoms with van der Waals surface area (Å²) >= 11 is 0. The fourth-order valence-corrected chi connectivity index (χ4v) is 4.27. The summed E-state index contributed by atoms with van der Waals surface area (Å²) in [7, 11) is 0. The number of phenolic OH excluding ortho intramolecular Hbond substituents is 2. The molecular weight excluding hydrogens is 636 g/mol. The second kappa shape index (κ2) is 18.4. The summed E-state index contributed by atoms with van der Waals surface area (Å²) < 4.78 is 0. The molecule has 2 aromatic rings. The summed E-state index contributed by atoms with van der Waals surface area (Å²) in [5, 5.41) is 59.1. The summed E-state index contributed by atoms with van der Waals surface area (Å²) in [5.41, 5.74) is 6.12. The van der Waals surface area contributed by atoms with Gasteiger partial charge < -0.3 is 57.9 Å². The van der Waals surface area contributed by atoms with Crippen LogP contribution in [0.1, 0.15) is 24.5 Å². The van der Waals surface area contributed by atoms with Crippen LogP contribution in [0.2, 0.25) is 0 Å². The van der Waals surface area contributed by atoms with E-state index in [1.54, 1.807) is 0 Å². The molecule has 0 radical (unpaired) electrons. The maximum absolute atomic E-state index is 13.7. The molecule has 0 heterocycles. The zero-order valence-corrected chi connectivity index (χ0v) is 25.7. The van der Waals surface area contributed by atoms with Crippen LogP contribution in [-0.2, 0) is 46.4 Å². The molecule has 18 nitrogen and oxygen atoms in total. The lowest BCUT2D eigenvalue weighted by Gasteiger charge is -2.27. The number of aliphatic hydroxyl groups is 1. The average Bonchev–Trinajstić information content (AvgIpc) is 3.02. The Kier molecular flexibility index (Phi) is 14.7. The van der Waals surface area contributed by atoms with Crippen LogP contribution in [0.4, 0.5) is 0 Å². The SMILES string of the molecule is C[C@@H](O)[C@H](NC(=O)[C@H](CC(=O)O)NC(=O)CN)C(=O)N[C@@H](Cc1ccc(O)cc1)C(=O)N[C@@H](Cc1ccc(O)cc1)C(=O)NCC(=O)O. The first-order valence-electron chi connectivity index (χ1n) is 14.4. The molecule has 18 heteroatoms. The molecule has 2 rings (SSSR count). The van der Waals surface area contributed by atoms with Gasteiger partial charge in [0.2, 0.25) is 29.5 Å². The molecule has 0 aromatic heterocycles. The van der Waals surface area contributed by atoms with Crippen LogP contribution in [-0.4, -0.2) is 110 Å². The normalized spacial score (nSPS) is 13.8. The number of carboxylic acids is 2. The summed E-state index contributed by atoms with van der Waals surface area (Å²) in [5.74, 6) is -7.93. The molecule has 0 saturated heterocycles. The highest BCUT2D eigenvalue weighted by molar-refractivity contribution is 5.97. The largest absolute Gasteiger partial charge is 0.508 e. The van der Waals surface area contributed by atoms with Gasteiger partial charge in [0, 0.05) is 12.8 Å². The number of nitrogens with one attached hydrogen (secondary N) is 5. The quantitative estimate of drug-likeness (QED) is 0.0745. The van der Waals surface area contributed by atoms with Gasteiger partial charge in [-0.3, -0.25) is 33.6 Å². The summed E-state index contributed by atoms with van der Waals surface area (Å²) in [6.07, 6.45) is -2.89. The summed E-state index contributed by atoms with van der Waals surface area (Å²) in [4.78, 5) is 87.0. The van der Waals surface area contributed by atoms with Gasteiger partial charge in [-0.25, -0.2) is 0 Å². The van der Waals surface area contributed by atoms with Crippen LogP contribution >= 0.6 is 0 Å². The topological polar surface area (TPSA) is 307 Å². The van der Waals surface area contributed by atoms with Crippen molar-refractivity contribution < 1.29 is 59.1 Å². The van der Waals surface area contributed by atoms with Crippen LogP contribution in [0.3, 0.4) is 0 Å². The van der Waals surface area contributed by atoms with Crippen molar-refractivity contribution in [1.29, 1.82) is 0 Å². The number of carbonyl (C=O) groups is 7. The van der Waals surface area contributed by atoms with Gasteiger partial charge in [-0.1, -0.05) is 24.3 Å². The Morgan fingerprint density at radius 2 is 1.10 bits per heavy atom. The predicted molar refractivity (Wildman–Crippen MR) is 165 cm³/mol. The lowest BCUT2D eigenvalue weighted by molar-refractivity contribution is -0.141. The molecule has 0 aliphatic rings. The zero-order valence-electron chi connectivity index (χ0n) is 25.7. The molecule has 0 aliphatic carbocycles. The van der Waals surface area contributed by atoms with E-state index in [9.17, 15) is 48.9 Å². The van der Waals surface area contributed by atoms with Crippen molar-refractivity contribution in [2.24, 2.45) is 5.73 Å². The molecule has 2 aromatic carbocycles. The Morgan fingerprint density at radius 1 is 0.646 bits per heavy atom. The van der Waals surface area contributed by atoms with Crippen LogP contribution < -0.4 is 32.3 Å². The molecule has 0 unspecified atom stereocenters. The molecule has 0 bridgehead atoms. The second-order valence-electron chi connectivity index (χ2n) is 10.6. The number of aliphatic carboxylic acids is 2. The van der Waals surface area contributed by atoms with Gasteiger partial charge in [-0.2, -0.15) is 0 Å². The first kappa shape index (κ1) is 38.4. The standard InChI is InChI=1S/C30H38N6O12/c1-15(37)26(36-29(47)22(12-24(41)42)33-23(40)13-31)30(48)35-21(11-17-4-8-19(39)9-5-17)28(46)34-20(27(45)32-14-25(43)44)10-16-2-6-18(38)7-3-16/h2-9,15,20-22,26,37-39H,10-14,31H2,1H3,(H,32,45)(H,33,40)(H,34,46)(H,35,48)(H,36,47)(H,41,42)(H,43,44)/t15-,20+,21+,22+,26+/m1/s1. The van der Waals surface area contributed by atoms with Crippen molar-refractivity contribution in [1.82, 2.24) is 26.6 Å². The van der Waals surface area contributed by atoms with Gasteiger partial charge in [-0.15, -0.1) is 0 Å². The van der Waals surface area contributed by atoms with Crippen LogP contribution in [0.15, 0.2) is 48.5 Å². The number of aliphatic hydroxyl groups excluding tert-OH is 1. The molecule has 260 valence electrons. The minimum absolute atomic E-state index is 0.0675. The molecule has 0 saturated carbocycles. The molecule has 48 heavy (non-hydrogen) atoms.